The Bertz CT molecular complexity index is 1220. The second-order valence-electron chi connectivity index (χ2n) is 7.96. The van der Waals surface area contributed by atoms with Gasteiger partial charge in [-0.05, 0) is 65.7 Å². The maximum atomic E-state index is 12.1. The third-order valence-corrected chi connectivity index (χ3v) is 5.28. The number of ether oxygens (including phenoxy) is 1. The monoisotopic (exact) mass is 459 g/mol. The number of aromatic nitrogens is 1. The fourth-order valence-corrected chi connectivity index (χ4v) is 3.53. The molecule has 0 aliphatic rings. The van der Waals surface area contributed by atoms with Crippen LogP contribution >= 0.6 is 12.2 Å². The van der Waals surface area contributed by atoms with Crippen molar-refractivity contribution in [2.24, 2.45) is 0 Å². The average molecular weight is 460 g/mol. The van der Waals surface area contributed by atoms with E-state index in [1.165, 1.54) is 5.56 Å². The SMILES string of the molecule is CC(C)c1ccc(OCC(=O)NC(=S)Nc2ccc(Cc3nc4ccccc4o3)cc2)cc1. The smallest absolute Gasteiger partial charge is 0.264 e. The van der Waals surface area contributed by atoms with Crippen molar-refractivity contribution in [2.75, 3.05) is 11.9 Å². The molecule has 1 aromatic heterocycles. The van der Waals surface area contributed by atoms with Crippen LogP contribution in [0, 0.1) is 0 Å². The molecule has 0 saturated carbocycles. The third kappa shape index (κ3) is 6.17. The summed E-state index contributed by atoms with van der Waals surface area (Å²) in [5.74, 6) is 1.43. The van der Waals surface area contributed by atoms with Gasteiger partial charge in [0.15, 0.2) is 23.2 Å². The lowest BCUT2D eigenvalue weighted by molar-refractivity contribution is -0.121. The Morgan fingerprint density at radius 2 is 1.76 bits per heavy atom. The lowest BCUT2D eigenvalue weighted by atomic mass is 10.0. The highest BCUT2D eigenvalue weighted by Gasteiger charge is 2.09. The highest BCUT2D eigenvalue weighted by molar-refractivity contribution is 7.80. The van der Waals surface area contributed by atoms with Gasteiger partial charge in [-0.15, -0.1) is 0 Å². The minimum Gasteiger partial charge on any atom is -0.484 e. The van der Waals surface area contributed by atoms with Crippen LogP contribution in [0.2, 0.25) is 0 Å². The number of carbonyl (C=O) groups excluding carboxylic acids is 1. The molecule has 3 aromatic carbocycles. The van der Waals surface area contributed by atoms with Crippen LogP contribution < -0.4 is 15.4 Å². The van der Waals surface area contributed by atoms with Crippen LogP contribution in [0.4, 0.5) is 5.69 Å². The summed E-state index contributed by atoms with van der Waals surface area (Å²) in [5, 5.41) is 5.85. The highest BCUT2D eigenvalue weighted by Crippen LogP contribution is 2.19. The van der Waals surface area contributed by atoms with Crippen molar-refractivity contribution in [1.29, 1.82) is 0 Å². The van der Waals surface area contributed by atoms with Crippen LogP contribution in [0.25, 0.3) is 11.1 Å². The van der Waals surface area contributed by atoms with E-state index >= 15 is 0 Å². The first kappa shape index (κ1) is 22.5. The fraction of sp³-hybridized carbons (Fsp3) is 0.192. The van der Waals surface area contributed by atoms with Crippen molar-refractivity contribution >= 4 is 40.0 Å². The zero-order valence-corrected chi connectivity index (χ0v) is 19.3. The molecule has 0 unspecified atom stereocenters. The fourth-order valence-electron chi connectivity index (χ4n) is 3.30. The van der Waals surface area contributed by atoms with Crippen LogP contribution in [-0.2, 0) is 11.2 Å². The van der Waals surface area contributed by atoms with Gasteiger partial charge >= 0.3 is 0 Å². The van der Waals surface area contributed by atoms with E-state index in [1.807, 2.05) is 72.8 Å². The zero-order chi connectivity index (χ0) is 23.2. The van der Waals surface area contributed by atoms with Crippen LogP contribution in [0.1, 0.15) is 36.8 Å². The second-order valence-corrected chi connectivity index (χ2v) is 8.37. The molecule has 4 aromatic rings. The van der Waals surface area contributed by atoms with Crippen molar-refractivity contribution in [1.82, 2.24) is 10.3 Å². The average Bonchev–Trinajstić information content (AvgIpc) is 3.21. The first-order valence-corrected chi connectivity index (χ1v) is 11.1. The van der Waals surface area contributed by atoms with E-state index in [1.54, 1.807) is 0 Å². The van der Waals surface area contributed by atoms with Gasteiger partial charge in [-0.2, -0.15) is 0 Å². The molecule has 0 atom stereocenters. The van der Waals surface area contributed by atoms with E-state index in [4.69, 9.17) is 21.4 Å². The number of hydrogen-bond donors (Lipinski definition) is 2. The molecule has 0 radical (unpaired) electrons. The molecule has 0 saturated heterocycles. The van der Waals surface area contributed by atoms with Crippen molar-refractivity contribution in [2.45, 2.75) is 26.2 Å². The van der Waals surface area contributed by atoms with Crippen LogP contribution in [0.15, 0.2) is 77.2 Å². The van der Waals surface area contributed by atoms with Gasteiger partial charge in [0.1, 0.15) is 11.3 Å². The minimum atomic E-state index is -0.326. The summed E-state index contributed by atoms with van der Waals surface area (Å²) in [4.78, 5) is 16.6. The van der Waals surface area contributed by atoms with Gasteiger partial charge in [0.2, 0.25) is 0 Å². The number of oxazole rings is 1. The predicted molar refractivity (Wildman–Crippen MR) is 134 cm³/mol. The molecule has 33 heavy (non-hydrogen) atoms. The maximum Gasteiger partial charge on any atom is 0.264 e. The van der Waals surface area contributed by atoms with Gasteiger partial charge in [0.05, 0.1) is 0 Å². The molecule has 0 aliphatic carbocycles. The summed E-state index contributed by atoms with van der Waals surface area (Å²) in [6, 6.07) is 23.1. The molecule has 2 N–H and O–H groups in total. The third-order valence-electron chi connectivity index (χ3n) is 5.07. The molecule has 168 valence electrons. The highest BCUT2D eigenvalue weighted by atomic mass is 32.1. The van der Waals surface area contributed by atoms with E-state index in [0.29, 0.717) is 24.0 Å². The van der Waals surface area contributed by atoms with Gasteiger partial charge in [-0.1, -0.05) is 50.2 Å². The van der Waals surface area contributed by atoms with Crippen LogP contribution in [-0.4, -0.2) is 22.6 Å². The maximum absolute atomic E-state index is 12.1. The summed E-state index contributed by atoms with van der Waals surface area (Å²) < 4.78 is 11.3. The number of nitrogens with one attached hydrogen (secondary N) is 2. The zero-order valence-electron chi connectivity index (χ0n) is 18.5. The number of para-hydroxylation sites is 2. The van der Waals surface area contributed by atoms with Crippen molar-refractivity contribution in [3.8, 4) is 5.75 Å². The van der Waals surface area contributed by atoms with Gasteiger partial charge in [0, 0.05) is 12.1 Å². The number of nitrogens with zero attached hydrogens (tertiary/aromatic N) is 1. The van der Waals surface area contributed by atoms with Crippen LogP contribution in [0.5, 0.6) is 5.75 Å². The number of carbonyl (C=O) groups is 1. The van der Waals surface area contributed by atoms with E-state index in [0.717, 1.165) is 22.4 Å². The predicted octanol–water partition coefficient (Wildman–Crippen LogP) is 5.43. The number of benzene rings is 3. The first-order valence-electron chi connectivity index (χ1n) is 10.7. The standard InChI is InChI=1S/C26H25N3O3S/c1-17(2)19-9-13-21(14-10-19)31-16-24(30)29-26(33)27-20-11-7-18(8-12-20)15-25-28-22-5-3-4-6-23(22)32-25/h3-14,17H,15-16H2,1-2H3,(H2,27,29,30,33). The normalized spacial score (nSPS) is 10.9. The van der Waals surface area contributed by atoms with E-state index in [2.05, 4.69) is 29.5 Å². The first-order chi connectivity index (χ1) is 16.0. The van der Waals surface area contributed by atoms with Gasteiger partial charge < -0.3 is 14.5 Å². The summed E-state index contributed by atoms with van der Waals surface area (Å²) >= 11 is 5.24. The molecular weight excluding hydrogens is 434 g/mol. The minimum absolute atomic E-state index is 0.119. The number of rotatable bonds is 7. The number of hydrogen-bond acceptors (Lipinski definition) is 5. The summed E-state index contributed by atoms with van der Waals surface area (Å²) in [6.07, 6.45) is 0.589. The van der Waals surface area contributed by atoms with Crippen LogP contribution in [0.3, 0.4) is 0 Å². The summed E-state index contributed by atoms with van der Waals surface area (Å²) in [7, 11) is 0. The Labute approximate surface area is 198 Å². The largest absolute Gasteiger partial charge is 0.484 e. The molecule has 4 rings (SSSR count). The molecule has 0 spiro atoms. The van der Waals surface area contributed by atoms with E-state index < -0.39 is 0 Å². The Kier molecular flexibility index (Phi) is 7.00. The molecule has 0 bridgehead atoms. The number of anilines is 1. The lowest BCUT2D eigenvalue weighted by Gasteiger charge is -2.11. The molecular formula is C26H25N3O3S. The topological polar surface area (TPSA) is 76.4 Å². The van der Waals surface area contributed by atoms with Gasteiger partial charge in [-0.25, -0.2) is 4.98 Å². The van der Waals surface area contributed by atoms with Gasteiger partial charge in [0.25, 0.3) is 5.91 Å². The molecule has 1 amide bonds. The Morgan fingerprint density at radius 3 is 2.45 bits per heavy atom. The van der Waals surface area contributed by atoms with Gasteiger partial charge in [-0.3, -0.25) is 10.1 Å². The van der Waals surface area contributed by atoms with Crippen molar-refractivity contribution in [3.05, 3.63) is 89.8 Å². The molecule has 1 heterocycles. The molecule has 0 aliphatic heterocycles. The quantitative estimate of drug-likeness (QED) is 0.359. The number of thiocarbonyl (C=S) groups is 1. The molecule has 7 heteroatoms. The Hall–Kier alpha value is -3.71. The van der Waals surface area contributed by atoms with E-state index in [9.17, 15) is 4.79 Å². The van der Waals surface area contributed by atoms with E-state index in [-0.39, 0.29) is 17.6 Å². The lowest BCUT2D eigenvalue weighted by Crippen LogP contribution is -2.37. The second kappa shape index (κ2) is 10.3. The number of fused-ring (bicyclic) bond motifs is 1. The van der Waals surface area contributed by atoms with Crippen molar-refractivity contribution < 1.29 is 13.9 Å². The molecule has 0 fully saturated rings. The summed E-state index contributed by atoms with van der Waals surface area (Å²) in [6.45, 7) is 4.14. The van der Waals surface area contributed by atoms with Crippen molar-refractivity contribution in [3.63, 3.8) is 0 Å². The Morgan fingerprint density at radius 1 is 1.03 bits per heavy atom. The number of amides is 1. The summed E-state index contributed by atoms with van der Waals surface area (Å²) in [5.41, 5.74) is 4.68. The Balaban J connectivity index is 1.24. The molecule has 6 nitrogen and oxygen atoms in total.